The van der Waals surface area contributed by atoms with Crippen molar-refractivity contribution >= 4 is 7.60 Å². The molecular weight excluding hydrogens is 263 g/mol. The van der Waals surface area contributed by atoms with E-state index in [1.807, 2.05) is 0 Å². The number of rotatable bonds is 4. The Bertz CT molecular complexity index is 360. The Hall–Kier alpha value is -0.450. The van der Waals surface area contributed by atoms with Crippen molar-refractivity contribution in [2.24, 2.45) is 0 Å². The topological polar surface area (TPSA) is 127 Å². The van der Waals surface area contributed by atoms with Crippen molar-refractivity contribution in [2.75, 3.05) is 6.16 Å². The molecule has 0 aliphatic carbocycles. The molecule has 0 unspecified atom stereocenters. The van der Waals surface area contributed by atoms with E-state index >= 15 is 0 Å². The van der Waals surface area contributed by atoms with Gasteiger partial charge in [-0.3, -0.25) is 4.57 Å². The predicted octanol–water partition coefficient (Wildman–Crippen LogP) is -1.57. The zero-order chi connectivity index (χ0) is 13.9. The molecule has 104 valence electrons. The smallest absolute Gasteiger partial charge is 0.325 e. The molecule has 0 aromatic carbocycles. The van der Waals surface area contributed by atoms with Crippen molar-refractivity contribution in [2.45, 2.75) is 43.4 Å². The number of aliphatic hydroxyl groups is 3. The number of ether oxygens (including phenoxy) is 1. The van der Waals surface area contributed by atoms with Gasteiger partial charge in [-0.15, -0.1) is 12.3 Å². The zero-order valence-corrected chi connectivity index (χ0v) is 10.5. The van der Waals surface area contributed by atoms with Gasteiger partial charge in [-0.2, -0.15) is 0 Å². The van der Waals surface area contributed by atoms with Crippen molar-refractivity contribution < 1.29 is 34.4 Å². The van der Waals surface area contributed by atoms with Crippen LogP contribution in [0.15, 0.2) is 0 Å². The summed E-state index contributed by atoms with van der Waals surface area (Å²) in [5, 5.41) is 28.9. The van der Waals surface area contributed by atoms with Crippen LogP contribution in [0.1, 0.15) is 12.8 Å². The molecule has 1 saturated heterocycles. The van der Waals surface area contributed by atoms with Crippen LogP contribution >= 0.6 is 7.60 Å². The van der Waals surface area contributed by atoms with E-state index in [1.54, 1.807) is 0 Å². The number of hydrogen-bond acceptors (Lipinski definition) is 5. The van der Waals surface area contributed by atoms with Crippen LogP contribution in [0.5, 0.6) is 0 Å². The summed E-state index contributed by atoms with van der Waals surface area (Å²) in [6, 6.07) is 0. The summed E-state index contributed by atoms with van der Waals surface area (Å²) in [6.45, 7) is 0. The Morgan fingerprint density at radius 1 is 1.11 bits per heavy atom. The number of terminal acetylenes is 1. The highest BCUT2D eigenvalue weighted by Crippen LogP contribution is 2.37. The van der Waals surface area contributed by atoms with Gasteiger partial charge in [-0.25, -0.2) is 0 Å². The molecule has 5 atom stereocenters. The SMILES string of the molecule is C#CC[C@H]1O[C@H](CCP(=O)(O)O)[C@@H](O)[C@H](O)[C@@H]1O. The molecule has 8 heteroatoms. The normalized spacial score (nSPS) is 37.2. The third-order valence-electron chi connectivity index (χ3n) is 2.84. The standard InChI is InChI=1S/C10H17O7P/c1-2-3-6-8(11)10(13)9(12)7(17-6)4-5-18(14,15)16/h1,6-13H,3-5H2,(H2,14,15,16)/t6-,7-,8-,9-,10-/m1/s1. The van der Waals surface area contributed by atoms with Crippen LogP contribution in [-0.2, 0) is 9.30 Å². The van der Waals surface area contributed by atoms with E-state index < -0.39 is 44.3 Å². The van der Waals surface area contributed by atoms with Crippen molar-refractivity contribution in [3.63, 3.8) is 0 Å². The monoisotopic (exact) mass is 280 g/mol. The molecule has 1 aliphatic rings. The summed E-state index contributed by atoms with van der Waals surface area (Å²) in [7, 11) is -4.20. The summed E-state index contributed by atoms with van der Waals surface area (Å²) in [4.78, 5) is 17.5. The number of aliphatic hydroxyl groups excluding tert-OH is 3. The van der Waals surface area contributed by atoms with Crippen molar-refractivity contribution in [1.82, 2.24) is 0 Å². The Balaban J connectivity index is 2.67. The lowest BCUT2D eigenvalue weighted by Crippen LogP contribution is -2.57. The molecule has 7 nitrogen and oxygen atoms in total. The summed E-state index contributed by atoms with van der Waals surface area (Å²) in [5.41, 5.74) is 0. The van der Waals surface area contributed by atoms with E-state index in [1.165, 1.54) is 0 Å². The Labute approximate surface area is 105 Å². The van der Waals surface area contributed by atoms with Gasteiger partial charge in [0.1, 0.15) is 18.3 Å². The maximum atomic E-state index is 10.7. The minimum absolute atomic E-state index is 0.0390. The van der Waals surface area contributed by atoms with Gasteiger partial charge in [0.15, 0.2) is 0 Å². The molecule has 5 N–H and O–H groups in total. The lowest BCUT2D eigenvalue weighted by molar-refractivity contribution is -0.220. The second-order valence-corrected chi connectivity index (χ2v) is 6.05. The summed E-state index contributed by atoms with van der Waals surface area (Å²) in [5.74, 6) is 2.26. The van der Waals surface area contributed by atoms with Crippen LogP contribution in [0.3, 0.4) is 0 Å². The molecule has 18 heavy (non-hydrogen) atoms. The molecule has 0 radical (unpaired) electrons. The zero-order valence-electron chi connectivity index (χ0n) is 9.59. The molecule has 1 aliphatic heterocycles. The summed E-state index contributed by atoms with van der Waals surface area (Å²) >= 11 is 0. The lowest BCUT2D eigenvalue weighted by Gasteiger charge is -2.40. The fourth-order valence-electron chi connectivity index (χ4n) is 1.85. The highest BCUT2D eigenvalue weighted by Gasteiger charge is 2.43. The predicted molar refractivity (Wildman–Crippen MR) is 61.7 cm³/mol. The van der Waals surface area contributed by atoms with Gasteiger partial charge in [-0.05, 0) is 6.42 Å². The van der Waals surface area contributed by atoms with Crippen LogP contribution < -0.4 is 0 Å². The molecule has 0 bridgehead atoms. The average Bonchev–Trinajstić information content (AvgIpc) is 2.27. The third-order valence-corrected chi connectivity index (χ3v) is 3.68. The van der Waals surface area contributed by atoms with E-state index in [-0.39, 0.29) is 12.8 Å². The molecule has 1 rings (SSSR count). The minimum atomic E-state index is -4.20. The first-order valence-corrected chi connectivity index (χ1v) is 7.23. The van der Waals surface area contributed by atoms with E-state index in [4.69, 9.17) is 20.9 Å². The molecule has 0 spiro atoms. The first-order valence-electron chi connectivity index (χ1n) is 5.44. The summed E-state index contributed by atoms with van der Waals surface area (Å²) < 4.78 is 16.0. The van der Waals surface area contributed by atoms with Gasteiger partial charge in [0.25, 0.3) is 0 Å². The Kier molecular flexibility index (Phi) is 5.32. The van der Waals surface area contributed by atoms with Crippen LogP contribution in [0, 0.1) is 12.3 Å². The van der Waals surface area contributed by atoms with Crippen LogP contribution in [-0.4, -0.2) is 61.8 Å². The van der Waals surface area contributed by atoms with Crippen LogP contribution in [0.4, 0.5) is 0 Å². The largest absolute Gasteiger partial charge is 0.388 e. The van der Waals surface area contributed by atoms with Gasteiger partial charge < -0.3 is 29.8 Å². The molecule has 0 aromatic rings. The number of hydrogen-bond donors (Lipinski definition) is 5. The third kappa shape index (κ3) is 4.04. The second-order valence-electron chi connectivity index (χ2n) is 4.27. The molecule has 0 aromatic heterocycles. The van der Waals surface area contributed by atoms with E-state index in [0.29, 0.717) is 0 Å². The molecule has 0 saturated carbocycles. The molecular formula is C10H17O7P. The van der Waals surface area contributed by atoms with Gasteiger partial charge >= 0.3 is 7.60 Å². The van der Waals surface area contributed by atoms with E-state index in [2.05, 4.69) is 5.92 Å². The Morgan fingerprint density at radius 2 is 1.67 bits per heavy atom. The van der Waals surface area contributed by atoms with Gasteiger partial charge in [0, 0.05) is 6.42 Å². The first-order chi connectivity index (χ1) is 8.26. The van der Waals surface area contributed by atoms with E-state index in [9.17, 15) is 19.9 Å². The summed E-state index contributed by atoms with van der Waals surface area (Å²) in [6.07, 6.45) is -1.46. The van der Waals surface area contributed by atoms with Crippen LogP contribution in [0.2, 0.25) is 0 Å². The van der Waals surface area contributed by atoms with Crippen molar-refractivity contribution in [3.8, 4) is 12.3 Å². The molecule has 1 fully saturated rings. The first kappa shape index (κ1) is 15.6. The fourth-order valence-corrected chi connectivity index (χ4v) is 2.44. The highest BCUT2D eigenvalue weighted by atomic mass is 31.2. The molecule has 1 heterocycles. The quantitative estimate of drug-likeness (QED) is 0.311. The van der Waals surface area contributed by atoms with Gasteiger partial charge in [0.05, 0.1) is 18.4 Å². The average molecular weight is 280 g/mol. The van der Waals surface area contributed by atoms with Crippen molar-refractivity contribution in [1.29, 1.82) is 0 Å². The maximum Gasteiger partial charge on any atom is 0.325 e. The molecule has 0 amide bonds. The Morgan fingerprint density at radius 3 is 2.17 bits per heavy atom. The lowest BCUT2D eigenvalue weighted by atomic mass is 9.92. The van der Waals surface area contributed by atoms with Gasteiger partial charge in [0.2, 0.25) is 0 Å². The maximum absolute atomic E-state index is 10.7. The highest BCUT2D eigenvalue weighted by molar-refractivity contribution is 7.51. The van der Waals surface area contributed by atoms with Crippen LogP contribution in [0.25, 0.3) is 0 Å². The van der Waals surface area contributed by atoms with E-state index in [0.717, 1.165) is 0 Å². The second kappa shape index (κ2) is 6.13. The fraction of sp³-hybridized carbons (Fsp3) is 0.800. The minimum Gasteiger partial charge on any atom is -0.388 e. The van der Waals surface area contributed by atoms with Gasteiger partial charge in [-0.1, -0.05) is 0 Å². The van der Waals surface area contributed by atoms with Crippen molar-refractivity contribution in [3.05, 3.63) is 0 Å².